The summed E-state index contributed by atoms with van der Waals surface area (Å²) in [6.07, 6.45) is 0. The number of halogens is 1. The van der Waals surface area contributed by atoms with Crippen molar-refractivity contribution in [2.75, 3.05) is 6.61 Å². The molecule has 2 rings (SSSR count). The van der Waals surface area contributed by atoms with E-state index in [1.165, 1.54) is 0 Å². The first-order valence-electron chi connectivity index (χ1n) is 5.98. The van der Waals surface area contributed by atoms with Crippen LogP contribution in [0, 0.1) is 0 Å². The molecule has 0 N–H and O–H groups in total. The highest BCUT2D eigenvalue weighted by molar-refractivity contribution is 6.35. The average molecular weight is 263 g/mol. The molecule has 0 aliphatic rings. The first-order valence-corrected chi connectivity index (χ1v) is 6.41. The lowest BCUT2D eigenvalue weighted by Crippen LogP contribution is -2.11. The topological polar surface area (TPSA) is 26.3 Å². The van der Waals surface area contributed by atoms with Gasteiger partial charge in [-0.3, -0.25) is 4.79 Å². The van der Waals surface area contributed by atoms with Gasteiger partial charge in [-0.05, 0) is 31.4 Å². The molecule has 0 amide bonds. The second-order valence-corrected chi connectivity index (χ2v) is 4.72. The number of Topliss-reactive ketones (excluding diaryl/α,β-unsaturated/α-hetero) is 1. The molecule has 0 bridgehead atoms. The number of alkyl halides is 1. The van der Waals surface area contributed by atoms with Gasteiger partial charge in [0.1, 0.15) is 5.75 Å². The van der Waals surface area contributed by atoms with Crippen molar-refractivity contribution in [3.63, 3.8) is 0 Å². The first-order chi connectivity index (χ1) is 8.65. The van der Waals surface area contributed by atoms with Gasteiger partial charge in [-0.2, -0.15) is 0 Å². The Kier molecular flexibility index (Phi) is 3.87. The predicted octanol–water partition coefficient (Wildman–Crippen LogP) is 4.05. The second kappa shape index (κ2) is 5.40. The fourth-order valence-corrected chi connectivity index (χ4v) is 2.10. The van der Waals surface area contributed by atoms with E-state index in [1.807, 2.05) is 37.3 Å². The molecule has 0 aromatic heterocycles. The third-order valence-electron chi connectivity index (χ3n) is 2.81. The van der Waals surface area contributed by atoms with Crippen LogP contribution in [0.1, 0.15) is 24.2 Å². The smallest absolute Gasteiger partial charge is 0.181 e. The SMILES string of the molecule is CCOc1ccc(C(=O)C(C)Cl)c2ccccc12. The van der Waals surface area contributed by atoms with Gasteiger partial charge in [0.25, 0.3) is 0 Å². The largest absolute Gasteiger partial charge is 0.493 e. The summed E-state index contributed by atoms with van der Waals surface area (Å²) in [5.41, 5.74) is 0.650. The van der Waals surface area contributed by atoms with E-state index in [0.717, 1.165) is 16.5 Å². The number of carbonyl (C=O) groups is 1. The molecule has 94 valence electrons. The lowest BCUT2D eigenvalue weighted by Gasteiger charge is -2.11. The monoisotopic (exact) mass is 262 g/mol. The van der Waals surface area contributed by atoms with Gasteiger partial charge in [0.2, 0.25) is 0 Å². The summed E-state index contributed by atoms with van der Waals surface area (Å²) < 4.78 is 5.57. The minimum atomic E-state index is -0.522. The Morgan fingerprint density at radius 3 is 2.50 bits per heavy atom. The molecule has 2 nitrogen and oxygen atoms in total. The molecule has 0 aliphatic heterocycles. The molecule has 0 aliphatic carbocycles. The molecule has 1 atom stereocenters. The maximum absolute atomic E-state index is 12.1. The average Bonchev–Trinajstić information content (AvgIpc) is 2.38. The standard InChI is InChI=1S/C15H15ClO2/c1-3-18-14-9-8-13(15(17)10(2)16)11-6-4-5-7-12(11)14/h4-10H,3H2,1-2H3. The second-order valence-electron chi connectivity index (χ2n) is 4.07. The minimum Gasteiger partial charge on any atom is -0.493 e. The molecule has 0 spiro atoms. The van der Waals surface area contributed by atoms with Crippen molar-refractivity contribution < 1.29 is 9.53 Å². The lowest BCUT2D eigenvalue weighted by molar-refractivity contribution is 0.0993. The molecule has 2 aromatic carbocycles. The number of ether oxygens (including phenoxy) is 1. The van der Waals surface area contributed by atoms with E-state index in [1.54, 1.807) is 13.0 Å². The van der Waals surface area contributed by atoms with E-state index in [0.29, 0.717) is 12.2 Å². The van der Waals surface area contributed by atoms with Crippen LogP contribution in [0.15, 0.2) is 36.4 Å². The summed E-state index contributed by atoms with van der Waals surface area (Å²) in [6.45, 7) is 4.23. The number of benzene rings is 2. The van der Waals surface area contributed by atoms with Gasteiger partial charge in [0, 0.05) is 10.9 Å². The highest BCUT2D eigenvalue weighted by atomic mass is 35.5. The number of hydrogen-bond donors (Lipinski definition) is 0. The van der Waals surface area contributed by atoms with E-state index in [4.69, 9.17) is 16.3 Å². The Balaban J connectivity index is 2.64. The van der Waals surface area contributed by atoms with E-state index in [2.05, 4.69) is 0 Å². The van der Waals surface area contributed by atoms with Crippen molar-refractivity contribution in [1.82, 2.24) is 0 Å². The van der Waals surface area contributed by atoms with Crippen molar-refractivity contribution in [2.24, 2.45) is 0 Å². The van der Waals surface area contributed by atoms with Gasteiger partial charge in [-0.1, -0.05) is 24.3 Å². The quantitative estimate of drug-likeness (QED) is 0.614. The Hall–Kier alpha value is -1.54. The Morgan fingerprint density at radius 1 is 1.22 bits per heavy atom. The van der Waals surface area contributed by atoms with Crippen LogP contribution in [0.25, 0.3) is 10.8 Å². The van der Waals surface area contributed by atoms with Gasteiger partial charge in [-0.25, -0.2) is 0 Å². The summed E-state index contributed by atoms with van der Waals surface area (Å²) in [4.78, 5) is 12.1. The van der Waals surface area contributed by atoms with Crippen LogP contribution in [0.4, 0.5) is 0 Å². The number of fused-ring (bicyclic) bond motifs is 1. The van der Waals surface area contributed by atoms with Gasteiger partial charge < -0.3 is 4.74 Å². The molecule has 0 saturated heterocycles. The van der Waals surface area contributed by atoms with Crippen LogP contribution in [0.5, 0.6) is 5.75 Å². The van der Waals surface area contributed by atoms with Crippen LogP contribution in [-0.4, -0.2) is 17.8 Å². The third-order valence-corrected chi connectivity index (χ3v) is 3.01. The Labute approximate surface area is 112 Å². The fraction of sp³-hybridized carbons (Fsp3) is 0.267. The summed E-state index contributed by atoms with van der Waals surface area (Å²) in [5.74, 6) is 0.739. The molecular weight excluding hydrogens is 248 g/mol. The molecule has 18 heavy (non-hydrogen) atoms. The Bertz CT molecular complexity index is 576. The maximum Gasteiger partial charge on any atom is 0.181 e. The summed E-state index contributed by atoms with van der Waals surface area (Å²) in [5, 5.41) is 1.31. The summed E-state index contributed by atoms with van der Waals surface area (Å²) in [7, 11) is 0. The number of ketones is 1. The van der Waals surface area contributed by atoms with E-state index >= 15 is 0 Å². The fourth-order valence-electron chi connectivity index (χ4n) is 1.98. The zero-order chi connectivity index (χ0) is 13.1. The summed E-state index contributed by atoms with van der Waals surface area (Å²) >= 11 is 5.88. The number of carbonyl (C=O) groups excluding carboxylic acids is 1. The van der Waals surface area contributed by atoms with E-state index in [-0.39, 0.29) is 5.78 Å². The van der Waals surface area contributed by atoms with Crippen LogP contribution in [0.2, 0.25) is 0 Å². The first kappa shape index (κ1) is 12.9. The van der Waals surface area contributed by atoms with Gasteiger partial charge in [-0.15, -0.1) is 11.6 Å². The molecule has 0 heterocycles. The molecule has 1 unspecified atom stereocenters. The van der Waals surface area contributed by atoms with Crippen LogP contribution < -0.4 is 4.74 Å². The van der Waals surface area contributed by atoms with Crippen molar-refractivity contribution >= 4 is 28.2 Å². The zero-order valence-corrected chi connectivity index (χ0v) is 11.2. The Morgan fingerprint density at radius 2 is 1.89 bits per heavy atom. The lowest BCUT2D eigenvalue weighted by atomic mass is 9.99. The molecule has 0 radical (unpaired) electrons. The molecule has 0 fully saturated rings. The van der Waals surface area contributed by atoms with Crippen molar-refractivity contribution in [3.05, 3.63) is 42.0 Å². The highest BCUT2D eigenvalue weighted by Crippen LogP contribution is 2.29. The third kappa shape index (κ3) is 2.34. The van der Waals surface area contributed by atoms with Crippen molar-refractivity contribution in [1.29, 1.82) is 0 Å². The van der Waals surface area contributed by atoms with Crippen molar-refractivity contribution in [3.8, 4) is 5.75 Å². The van der Waals surface area contributed by atoms with Gasteiger partial charge in [0.05, 0.1) is 12.0 Å². The highest BCUT2D eigenvalue weighted by Gasteiger charge is 2.16. The molecule has 2 aromatic rings. The maximum atomic E-state index is 12.1. The molecule has 3 heteroatoms. The number of hydrogen-bond acceptors (Lipinski definition) is 2. The molecular formula is C15H15ClO2. The van der Waals surface area contributed by atoms with Crippen LogP contribution in [-0.2, 0) is 0 Å². The van der Waals surface area contributed by atoms with Gasteiger partial charge >= 0.3 is 0 Å². The van der Waals surface area contributed by atoms with Crippen LogP contribution >= 0.6 is 11.6 Å². The normalized spacial score (nSPS) is 12.4. The van der Waals surface area contributed by atoms with E-state index in [9.17, 15) is 4.79 Å². The zero-order valence-electron chi connectivity index (χ0n) is 10.4. The number of rotatable bonds is 4. The minimum absolute atomic E-state index is 0.0593. The van der Waals surface area contributed by atoms with E-state index < -0.39 is 5.38 Å². The van der Waals surface area contributed by atoms with Gasteiger partial charge in [0.15, 0.2) is 5.78 Å². The predicted molar refractivity (Wildman–Crippen MR) is 74.8 cm³/mol. The van der Waals surface area contributed by atoms with Crippen molar-refractivity contribution in [2.45, 2.75) is 19.2 Å². The van der Waals surface area contributed by atoms with Crippen LogP contribution in [0.3, 0.4) is 0 Å². The summed E-state index contributed by atoms with van der Waals surface area (Å²) in [6, 6.07) is 11.3. The molecule has 0 saturated carbocycles.